The fourth-order valence-corrected chi connectivity index (χ4v) is 2.17. The van der Waals surface area contributed by atoms with Gasteiger partial charge in [-0.3, -0.25) is 0 Å². The minimum absolute atomic E-state index is 0.151. The average Bonchev–Trinajstić information content (AvgIpc) is 2.09. The second-order valence-corrected chi connectivity index (χ2v) is 4.52. The van der Waals surface area contributed by atoms with Gasteiger partial charge in [0.25, 0.3) is 0 Å². The van der Waals surface area contributed by atoms with Crippen LogP contribution in [0, 0.1) is 17.2 Å². The van der Waals surface area contributed by atoms with E-state index in [9.17, 15) is 4.79 Å². The molecule has 14 heavy (non-hydrogen) atoms. The number of hydrogen-bond acceptors (Lipinski definition) is 4. The van der Waals surface area contributed by atoms with Gasteiger partial charge in [-0.1, -0.05) is 23.2 Å². The lowest BCUT2D eigenvalue weighted by atomic mass is 9.82. The van der Waals surface area contributed by atoms with Crippen molar-refractivity contribution in [2.75, 3.05) is 0 Å². The van der Waals surface area contributed by atoms with Crippen molar-refractivity contribution in [2.45, 2.75) is 23.9 Å². The summed E-state index contributed by atoms with van der Waals surface area (Å²) in [5.41, 5.74) is -0.977. The Morgan fingerprint density at radius 1 is 1.79 bits per heavy atom. The van der Waals surface area contributed by atoms with Crippen LogP contribution in [0.5, 0.6) is 0 Å². The van der Waals surface area contributed by atoms with E-state index in [4.69, 9.17) is 33.2 Å². The van der Waals surface area contributed by atoms with E-state index < -0.39 is 22.5 Å². The number of esters is 1. The number of carbonyl (C=O) groups excluding carboxylic acids is 1. The van der Waals surface area contributed by atoms with Crippen LogP contribution in [0.15, 0.2) is 4.99 Å². The molecule has 74 valence electrons. The highest BCUT2D eigenvalue weighted by atomic mass is 35.5. The molecule has 6 heteroatoms. The number of carbonyl (C=O) groups is 1. The third-order valence-electron chi connectivity index (χ3n) is 2.51. The van der Waals surface area contributed by atoms with Crippen molar-refractivity contribution in [1.29, 1.82) is 5.26 Å². The number of fused-ring (bicyclic) bond motifs is 2. The first-order valence-electron chi connectivity index (χ1n) is 4.00. The van der Waals surface area contributed by atoms with E-state index in [1.54, 1.807) is 6.92 Å². The third-order valence-corrected chi connectivity index (χ3v) is 3.50. The van der Waals surface area contributed by atoms with Gasteiger partial charge in [-0.05, 0) is 6.92 Å². The molecule has 0 aliphatic carbocycles. The van der Waals surface area contributed by atoms with Gasteiger partial charge in [0.2, 0.25) is 5.00 Å². The number of ether oxygens (including phenoxy) is 1. The quantitative estimate of drug-likeness (QED) is 0.361. The summed E-state index contributed by atoms with van der Waals surface area (Å²) < 4.78 is 5.04. The molecule has 3 aliphatic heterocycles. The maximum absolute atomic E-state index is 11.4. The summed E-state index contributed by atoms with van der Waals surface area (Å²) in [4.78, 5) is 13.6. The van der Waals surface area contributed by atoms with E-state index in [0.29, 0.717) is 6.42 Å². The predicted molar refractivity (Wildman–Crippen MR) is 50.1 cm³/mol. The first-order valence-corrected chi connectivity index (χ1v) is 4.76. The first-order chi connectivity index (χ1) is 6.42. The maximum atomic E-state index is 11.4. The van der Waals surface area contributed by atoms with Crippen molar-refractivity contribution in [1.82, 2.24) is 0 Å². The smallest absolute Gasteiger partial charge is 0.352 e. The van der Waals surface area contributed by atoms with Crippen molar-refractivity contribution >= 4 is 34.3 Å². The van der Waals surface area contributed by atoms with E-state index in [2.05, 4.69) is 4.99 Å². The SMILES string of the molecule is C[C@]12C[C@H](C#N)[C@](Cl)(N=C1Cl)C(=O)O2. The number of nitrogens with zero attached hydrogens (tertiary/aromatic N) is 2. The zero-order valence-corrected chi connectivity index (χ0v) is 8.76. The molecule has 3 aliphatic rings. The third kappa shape index (κ3) is 0.999. The summed E-state index contributed by atoms with van der Waals surface area (Å²) in [6.45, 7) is 1.62. The van der Waals surface area contributed by atoms with Crippen LogP contribution in [0.25, 0.3) is 0 Å². The lowest BCUT2D eigenvalue weighted by Crippen LogP contribution is -2.60. The largest absolute Gasteiger partial charge is 0.449 e. The Morgan fingerprint density at radius 3 is 3.00 bits per heavy atom. The van der Waals surface area contributed by atoms with Crippen molar-refractivity contribution in [2.24, 2.45) is 10.9 Å². The molecule has 0 amide bonds. The van der Waals surface area contributed by atoms with Gasteiger partial charge in [-0.15, -0.1) is 0 Å². The van der Waals surface area contributed by atoms with Gasteiger partial charge >= 0.3 is 5.97 Å². The van der Waals surface area contributed by atoms with Crippen LogP contribution in [0.2, 0.25) is 0 Å². The molecule has 1 saturated heterocycles. The molecular weight excluding hydrogens is 227 g/mol. The minimum atomic E-state index is -1.64. The van der Waals surface area contributed by atoms with Gasteiger partial charge in [-0.25, -0.2) is 9.79 Å². The van der Waals surface area contributed by atoms with Crippen LogP contribution < -0.4 is 0 Å². The van der Waals surface area contributed by atoms with Crippen molar-refractivity contribution in [3.63, 3.8) is 0 Å². The second-order valence-electron chi connectivity index (χ2n) is 3.58. The summed E-state index contributed by atoms with van der Waals surface area (Å²) in [6.07, 6.45) is 0.293. The van der Waals surface area contributed by atoms with Crippen LogP contribution >= 0.6 is 23.2 Å². The fraction of sp³-hybridized carbons (Fsp3) is 0.625. The molecule has 0 saturated carbocycles. The molecule has 0 aromatic heterocycles. The topological polar surface area (TPSA) is 62.5 Å². The predicted octanol–water partition coefficient (Wildman–Crippen LogP) is 1.42. The molecule has 0 N–H and O–H groups in total. The zero-order valence-electron chi connectivity index (χ0n) is 7.25. The van der Waals surface area contributed by atoms with Crippen LogP contribution in [-0.2, 0) is 9.53 Å². The van der Waals surface area contributed by atoms with E-state index in [-0.39, 0.29) is 5.17 Å². The molecule has 2 bridgehead atoms. The van der Waals surface area contributed by atoms with Crippen LogP contribution in [-0.4, -0.2) is 21.7 Å². The highest BCUT2D eigenvalue weighted by Crippen LogP contribution is 2.47. The molecule has 4 nitrogen and oxygen atoms in total. The molecule has 3 rings (SSSR count). The van der Waals surface area contributed by atoms with Crippen molar-refractivity contribution in [3.05, 3.63) is 0 Å². The molecule has 3 heterocycles. The Kier molecular flexibility index (Phi) is 1.82. The molecule has 3 atom stereocenters. The number of nitriles is 1. The van der Waals surface area contributed by atoms with E-state index in [1.165, 1.54) is 0 Å². The Balaban J connectivity index is 2.58. The maximum Gasteiger partial charge on any atom is 0.352 e. The summed E-state index contributed by atoms with van der Waals surface area (Å²) in [5.74, 6) is -1.37. The van der Waals surface area contributed by atoms with Gasteiger partial charge in [0.15, 0.2) is 5.60 Å². The van der Waals surface area contributed by atoms with Gasteiger partial charge in [0.1, 0.15) is 11.1 Å². The average molecular weight is 233 g/mol. The molecule has 1 fully saturated rings. The standard InChI is InChI=1S/C8H6Cl2N2O2/c1-7-2-4(3-11)8(10,6(13)14-7)12-5(7)9/h4H,2H2,1H3/t4-,7+,8+/m1/s1. The molecule has 0 aromatic carbocycles. The van der Waals surface area contributed by atoms with Crippen molar-refractivity contribution in [3.8, 4) is 6.07 Å². The summed E-state index contributed by atoms with van der Waals surface area (Å²) in [6, 6.07) is 1.95. The zero-order chi connectivity index (χ0) is 10.6. The number of aliphatic imine (C=N–C) groups is 1. The Bertz CT molecular complexity index is 389. The molecule has 0 aromatic rings. The van der Waals surface area contributed by atoms with Crippen LogP contribution in [0.3, 0.4) is 0 Å². The number of hydrogen-bond donors (Lipinski definition) is 0. The number of alkyl halides is 1. The van der Waals surface area contributed by atoms with E-state index in [0.717, 1.165) is 0 Å². The minimum Gasteiger partial charge on any atom is -0.449 e. The molecule has 0 unspecified atom stereocenters. The molecule has 0 radical (unpaired) electrons. The molecule has 0 spiro atoms. The van der Waals surface area contributed by atoms with Crippen LogP contribution in [0.4, 0.5) is 0 Å². The van der Waals surface area contributed by atoms with Crippen molar-refractivity contribution < 1.29 is 9.53 Å². The highest BCUT2D eigenvalue weighted by Gasteiger charge is 2.61. The monoisotopic (exact) mass is 232 g/mol. The Morgan fingerprint density at radius 2 is 2.43 bits per heavy atom. The van der Waals surface area contributed by atoms with Gasteiger partial charge in [0, 0.05) is 6.42 Å². The fourth-order valence-electron chi connectivity index (χ4n) is 1.63. The number of rotatable bonds is 0. The lowest BCUT2D eigenvalue weighted by Gasteiger charge is -2.45. The second kappa shape index (κ2) is 2.62. The Labute approximate surface area is 90.5 Å². The molecular formula is C8H6Cl2N2O2. The Hall–Kier alpha value is -0.790. The van der Waals surface area contributed by atoms with Crippen LogP contribution in [0.1, 0.15) is 13.3 Å². The number of halogens is 2. The first kappa shape index (κ1) is 9.75. The lowest BCUT2D eigenvalue weighted by molar-refractivity contribution is -0.167. The summed E-state index contributed by atoms with van der Waals surface area (Å²) >= 11 is 11.7. The van der Waals surface area contributed by atoms with Gasteiger partial charge < -0.3 is 4.74 Å². The highest BCUT2D eigenvalue weighted by molar-refractivity contribution is 6.68. The summed E-state index contributed by atoms with van der Waals surface area (Å²) in [7, 11) is 0. The normalized spacial score (nSPS) is 45.4. The van der Waals surface area contributed by atoms with E-state index in [1.807, 2.05) is 6.07 Å². The summed E-state index contributed by atoms with van der Waals surface area (Å²) in [5, 5.41) is 8.99. The van der Waals surface area contributed by atoms with Gasteiger partial charge in [-0.2, -0.15) is 5.26 Å². The van der Waals surface area contributed by atoms with E-state index >= 15 is 0 Å². The van der Waals surface area contributed by atoms with Gasteiger partial charge in [0.05, 0.1) is 6.07 Å².